The molecule has 82 valence electrons. The lowest BCUT2D eigenvalue weighted by atomic mass is 10.2. The molecule has 0 amide bonds. The summed E-state index contributed by atoms with van der Waals surface area (Å²) < 4.78 is 28.7. The van der Waals surface area contributed by atoms with Gasteiger partial charge in [0, 0.05) is 6.07 Å². The van der Waals surface area contributed by atoms with Crippen molar-refractivity contribution in [3.8, 4) is 5.75 Å². The van der Waals surface area contributed by atoms with Crippen molar-refractivity contribution in [3.63, 3.8) is 0 Å². The molecule has 1 aromatic carbocycles. The normalized spacial score (nSPS) is 17.7. The molecule has 1 aliphatic rings. The van der Waals surface area contributed by atoms with Crippen molar-refractivity contribution in [1.82, 2.24) is 0 Å². The number of hydrogen-bond acceptors (Lipinski definition) is 3. The molecule has 1 aliphatic heterocycles. The zero-order valence-electron chi connectivity index (χ0n) is 8.53. The fourth-order valence-corrected chi connectivity index (χ4v) is 1.41. The van der Waals surface area contributed by atoms with Gasteiger partial charge in [-0.3, -0.25) is 0 Å². The summed E-state index contributed by atoms with van der Waals surface area (Å²) in [6.07, 6.45) is -0.153. The zero-order valence-corrected chi connectivity index (χ0v) is 8.53. The first-order valence-electron chi connectivity index (χ1n) is 4.84. The molecule has 0 aliphatic carbocycles. The second kappa shape index (κ2) is 4.59. The summed E-state index contributed by atoms with van der Waals surface area (Å²) in [5.74, 6) is 0.252. The molecule has 0 saturated carbocycles. The summed E-state index contributed by atoms with van der Waals surface area (Å²) in [6, 6.07) is 4.48. The van der Waals surface area contributed by atoms with Crippen LogP contribution in [-0.2, 0) is 9.47 Å². The van der Waals surface area contributed by atoms with Crippen LogP contribution >= 0.6 is 0 Å². The van der Waals surface area contributed by atoms with Crippen LogP contribution in [0.1, 0.15) is 5.56 Å². The third-order valence-corrected chi connectivity index (χ3v) is 2.22. The van der Waals surface area contributed by atoms with Gasteiger partial charge in [-0.15, -0.1) is 0 Å². The van der Waals surface area contributed by atoms with E-state index in [1.54, 1.807) is 6.07 Å². The Morgan fingerprint density at radius 1 is 1.33 bits per heavy atom. The summed E-state index contributed by atoms with van der Waals surface area (Å²) in [5, 5.41) is 0. The third kappa shape index (κ3) is 2.67. The Hall–Kier alpha value is -1.13. The molecule has 0 spiro atoms. The Morgan fingerprint density at radius 3 is 2.80 bits per heavy atom. The van der Waals surface area contributed by atoms with E-state index in [0.29, 0.717) is 25.8 Å². The standard InChI is InChI=1S/C11H13FO3/c1-8-2-3-9(12)4-11(8)15-10-5-13-7-14-6-10/h2-4,10H,5-7H2,1H3. The van der Waals surface area contributed by atoms with Crippen molar-refractivity contribution in [2.75, 3.05) is 20.0 Å². The van der Waals surface area contributed by atoms with Crippen LogP contribution in [0.15, 0.2) is 18.2 Å². The number of hydrogen-bond donors (Lipinski definition) is 0. The van der Waals surface area contributed by atoms with Crippen LogP contribution in [-0.4, -0.2) is 26.1 Å². The Morgan fingerprint density at radius 2 is 2.07 bits per heavy atom. The summed E-state index contributed by atoms with van der Waals surface area (Å²) in [7, 11) is 0. The highest BCUT2D eigenvalue weighted by Crippen LogP contribution is 2.20. The first kappa shape index (κ1) is 10.4. The van der Waals surface area contributed by atoms with Gasteiger partial charge in [0.05, 0.1) is 13.2 Å². The molecule has 0 atom stereocenters. The molecule has 0 radical (unpaired) electrons. The average Bonchev–Trinajstić information content (AvgIpc) is 2.25. The monoisotopic (exact) mass is 212 g/mol. The first-order valence-corrected chi connectivity index (χ1v) is 4.84. The average molecular weight is 212 g/mol. The van der Waals surface area contributed by atoms with Crippen LogP contribution in [0.5, 0.6) is 5.75 Å². The van der Waals surface area contributed by atoms with Crippen molar-refractivity contribution >= 4 is 0 Å². The van der Waals surface area contributed by atoms with E-state index in [1.165, 1.54) is 12.1 Å². The van der Waals surface area contributed by atoms with E-state index in [-0.39, 0.29) is 11.9 Å². The summed E-state index contributed by atoms with van der Waals surface area (Å²) in [4.78, 5) is 0. The van der Waals surface area contributed by atoms with E-state index in [0.717, 1.165) is 5.56 Å². The van der Waals surface area contributed by atoms with Gasteiger partial charge in [0.1, 0.15) is 24.5 Å². The largest absolute Gasteiger partial charge is 0.485 e. The molecule has 1 fully saturated rings. The van der Waals surface area contributed by atoms with Crippen LogP contribution in [0.25, 0.3) is 0 Å². The van der Waals surface area contributed by atoms with Crippen molar-refractivity contribution in [2.45, 2.75) is 13.0 Å². The van der Waals surface area contributed by atoms with Gasteiger partial charge in [-0.05, 0) is 18.6 Å². The maximum absolute atomic E-state index is 13.0. The van der Waals surface area contributed by atoms with E-state index in [2.05, 4.69) is 0 Å². The Kier molecular flexibility index (Phi) is 3.18. The fraction of sp³-hybridized carbons (Fsp3) is 0.455. The van der Waals surface area contributed by atoms with Crippen LogP contribution in [0.4, 0.5) is 4.39 Å². The third-order valence-electron chi connectivity index (χ3n) is 2.22. The topological polar surface area (TPSA) is 27.7 Å². The molecule has 0 bridgehead atoms. The molecule has 1 heterocycles. The highest BCUT2D eigenvalue weighted by Gasteiger charge is 2.16. The highest BCUT2D eigenvalue weighted by molar-refractivity contribution is 5.32. The van der Waals surface area contributed by atoms with Gasteiger partial charge in [-0.1, -0.05) is 6.07 Å². The molecule has 0 aromatic heterocycles. The van der Waals surface area contributed by atoms with Gasteiger partial charge >= 0.3 is 0 Å². The number of benzene rings is 1. The Bertz CT molecular complexity index is 335. The van der Waals surface area contributed by atoms with Gasteiger partial charge in [0.15, 0.2) is 0 Å². The van der Waals surface area contributed by atoms with Gasteiger partial charge in [-0.25, -0.2) is 4.39 Å². The first-order chi connectivity index (χ1) is 7.25. The lowest BCUT2D eigenvalue weighted by molar-refractivity contribution is -0.143. The van der Waals surface area contributed by atoms with Gasteiger partial charge in [0.2, 0.25) is 0 Å². The van der Waals surface area contributed by atoms with E-state index < -0.39 is 0 Å². The second-order valence-electron chi connectivity index (χ2n) is 3.51. The van der Waals surface area contributed by atoms with Crippen molar-refractivity contribution in [2.24, 2.45) is 0 Å². The molecule has 2 rings (SSSR count). The molecule has 0 N–H and O–H groups in total. The van der Waals surface area contributed by atoms with E-state index >= 15 is 0 Å². The van der Waals surface area contributed by atoms with E-state index in [9.17, 15) is 4.39 Å². The van der Waals surface area contributed by atoms with Crippen LogP contribution in [0.2, 0.25) is 0 Å². The number of aryl methyl sites for hydroxylation is 1. The predicted molar refractivity (Wildman–Crippen MR) is 52.3 cm³/mol. The second-order valence-corrected chi connectivity index (χ2v) is 3.51. The van der Waals surface area contributed by atoms with Gasteiger partial charge in [-0.2, -0.15) is 0 Å². The molecule has 0 unspecified atom stereocenters. The summed E-state index contributed by atoms with van der Waals surface area (Å²) in [6.45, 7) is 3.15. The Labute approximate surface area is 87.8 Å². The highest BCUT2D eigenvalue weighted by atomic mass is 19.1. The van der Waals surface area contributed by atoms with Crippen molar-refractivity contribution < 1.29 is 18.6 Å². The number of rotatable bonds is 2. The predicted octanol–water partition coefficient (Wildman–Crippen LogP) is 1.89. The zero-order chi connectivity index (χ0) is 10.7. The summed E-state index contributed by atoms with van der Waals surface area (Å²) >= 11 is 0. The van der Waals surface area contributed by atoms with Crippen molar-refractivity contribution in [3.05, 3.63) is 29.6 Å². The molecule has 1 saturated heterocycles. The lowest BCUT2D eigenvalue weighted by Gasteiger charge is -2.24. The molecule has 3 nitrogen and oxygen atoms in total. The van der Waals surface area contributed by atoms with Crippen LogP contribution < -0.4 is 4.74 Å². The maximum Gasteiger partial charge on any atom is 0.147 e. The van der Waals surface area contributed by atoms with Crippen LogP contribution in [0.3, 0.4) is 0 Å². The minimum Gasteiger partial charge on any atom is -0.485 e. The SMILES string of the molecule is Cc1ccc(F)cc1OC1COCOC1. The Balaban J connectivity index is 2.05. The molecule has 4 heteroatoms. The summed E-state index contributed by atoms with van der Waals surface area (Å²) in [5.41, 5.74) is 0.905. The molecular formula is C11H13FO3. The maximum atomic E-state index is 13.0. The van der Waals surface area contributed by atoms with Gasteiger partial charge in [0.25, 0.3) is 0 Å². The molecule has 1 aromatic rings. The molecular weight excluding hydrogens is 199 g/mol. The van der Waals surface area contributed by atoms with Gasteiger partial charge < -0.3 is 14.2 Å². The molecule has 15 heavy (non-hydrogen) atoms. The number of halogens is 1. The van der Waals surface area contributed by atoms with E-state index in [1.807, 2.05) is 6.92 Å². The quantitative estimate of drug-likeness (QED) is 0.749. The van der Waals surface area contributed by atoms with E-state index in [4.69, 9.17) is 14.2 Å². The lowest BCUT2D eigenvalue weighted by Crippen LogP contribution is -2.34. The van der Waals surface area contributed by atoms with Crippen molar-refractivity contribution in [1.29, 1.82) is 0 Å². The minimum atomic E-state index is -0.298. The number of ether oxygens (including phenoxy) is 3. The minimum absolute atomic E-state index is 0.153. The smallest absolute Gasteiger partial charge is 0.147 e. The fourth-order valence-electron chi connectivity index (χ4n) is 1.41. The van der Waals surface area contributed by atoms with Crippen LogP contribution in [0, 0.1) is 12.7 Å².